The van der Waals surface area contributed by atoms with Crippen molar-refractivity contribution in [1.29, 1.82) is 0 Å². The number of pyridine rings is 1. The van der Waals surface area contributed by atoms with E-state index in [1.807, 2.05) is 4.90 Å². The van der Waals surface area contributed by atoms with Gasteiger partial charge < -0.3 is 14.8 Å². The molecule has 2 heterocycles. The highest BCUT2D eigenvalue weighted by atomic mass is 19.1. The molecule has 3 rings (SSSR count). The zero-order valence-corrected chi connectivity index (χ0v) is 12.9. The number of hydrogen-bond acceptors (Lipinski definition) is 3. The first-order valence-electron chi connectivity index (χ1n) is 7.54. The van der Waals surface area contributed by atoms with Gasteiger partial charge in [-0.3, -0.25) is 9.59 Å². The van der Waals surface area contributed by atoms with E-state index in [9.17, 15) is 14.0 Å². The molecule has 1 aliphatic heterocycles. The number of aromatic amines is 1. The van der Waals surface area contributed by atoms with Gasteiger partial charge in [-0.05, 0) is 19.1 Å². The largest absolute Gasteiger partial charge is 0.366 e. The van der Waals surface area contributed by atoms with Crippen LogP contribution in [0.3, 0.4) is 0 Å². The van der Waals surface area contributed by atoms with Crippen molar-refractivity contribution in [1.82, 2.24) is 9.88 Å². The molecule has 0 atom stereocenters. The van der Waals surface area contributed by atoms with Crippen molar-refractivity contribution < 1.29 is 9.18 Å². The fraction of sp³-hybridized carbons (Fsp3) is 0.294. The molecule has 1 aliphatic rings. The number of nitrogens with zero attached hydrogens (tertiary/aromatic N) is 2. The van der Waals surface area contributed by atoms with Crippen LogP contribution in [0, 0.1) is 12.7 Å². The van der Waals surface area contributed by atoms with Gasteiger partial charge >= 0.3 is 0 Å². The maximum atomic E-state index is 13.8. The summed E-state index contributed by atoms with van der Waals surface area (Å²) in [7, 11) is 0. The van der Waals surface area contributed by atoms with Gasteiger partial charge in [0.2, 0.25) is 0 Å². The molecule has 0 bridgehead atoms. The van der Waals surface area contributed by atoms with Crippen molar-refractivity contribution in [3.05, 3.63) is 63.8 Å². The van der Waals surface area contributed by atoms with Crippen LogP contribution in [0.25, 0.3) is 0 Å². The maximum Gasteiger partial charge on any atom is 0.259 e. The Hall–Kier alpha value is -2.63. The molecule has 0 spiro atoms. The molecule has 0 aliphatic carbocycles. The van der Waals surface area contributed by atoms with Crippen LogP contribution in [0.4, 0.5) is 10.1 Å². The Kier molecular flexibility index (Phi) is 4.14. The Balaban J connectivity index is 1.70. The molecule has 1 amide bonds. The molecule has 2 aromatic rings. The van der Waals surface area contributed by atoms with Crippen LogP contribution in [0.2, 0.25) is 0 Å². The molecule has 6 heteroatoms. The average Bonchev–Trinajstić information content (AvgIpc) is 2.55. The van der Waals surface area contributed by atoms with Gasteiger partial charge in [-0.25, -0.2) is 4.39 Å². The molecule has 1 aromatic heterocycles. The maximum absolute atomic E-state index is 13.8. The minimum absolute atomic E-state index is 0.148. The highest BCUT2D eigenvalue weighted by molar-refractivity contribution is 5.94. The number of rotatable bonds is 2. The van der Waals surface area contributed by atoms with Crippen LogP contribution in [0.15, 0.2) is 41.3 Å². The summed E-state index contributed by atoms with van der Waals surface area (Å²) in [6, 6.07) is 8.03. The summed E-state index contributed by atoms with van der Waals surface area (Å²) in [5.41, 5.74) is 1.14. The molecule has 1 N–H and O–H groups in total. The van der Waals surface area contributed by atoms with E-state index in [4.69, 9.17) is 0 Å². The van der Waals surface area contributed by atoms with Crippen molar-refractivity contribution in [2.24, 2.45) is 0 Å². The van der Waals surface area contributed by atoms with E-state index >= 15 is 0 Å². The molecule has 1 fully saturated rings. The van der Waals surface area contributed by atoms with Crippen molar-refractivity contribution in [3.8, 4) is 0 Å². The molecule has 1 saturated heterocycles. The molecule has 0 saturated carbocycles. The highest BCUT2D eigenvalue weighted by Gasteiger charge is 2.24. The van der Waals surface area contributed by atoms with Crippen LogP contribution in [-0.4, -0.2) is 42.0 Å². The SMILES string of the molecule is Cc1cc(=O)c(C(=O)N2CCN(c3ccccc3F)CC2)c[nH]1. The predicted octanol–water partition coefficient (Wildman–Crippen LogP) is 1.78. The van der Waals surface area contributed by atoms with E-state index in [2.05, 4.69) is 4.98 Å². The second-order valence-electron chi connectivity index (χ2n) is 5.62. The number of aromatic nitrogens is 1. The lowest BCUT2D eigenvalue weighted by atomic mass is 10.2. The fourth-order valence-electron chi connectivity index (χ4n) is 2.77. The number of piperazine rings is 1. The van der Waals surface area contributed by atoms with Crippen molar-refractivity contribution in [2.75, 3.05) is 31.1 Å². The average molecular weight is 315 g/mol. The Morgan fingerprint density at radius 2 is 1.87 bits per heavy atom. The van der Waals surface area contributed by atoms with Gasteiger partial charge in [-0.15, -0.1) is 0 Å². The second-order valence-corrected chi connectivity index (χ2v) is 5.62. The first kappa shape index (κ1) is 15.3. The Morgan fingerprint density at radius 3 is 2.52 bits per heavy atom. The number of anilines is 1. The third kappa shape index (κ3) is 3.11. The summed E-state index contributed by atoms with van der Waals surface area (Å²) in [4.78, 5) is 30.8. The van der Waals surface area contributed by atoms with E-state index in [0.29, 0.717) is 31.9 Å². The Morgan fingerprint density at radius 1 is 1.17 bits per heavy atom. The quantitative estimate of drug-likeness (QED) is 0.919. The number of amides is 1. The molecular weight excluding hydrogens is 297 g/mol. The molecular formula is C17H18FN3O2. The van der Waals surface area contributed by atoms with Gasteiger partial charge in [0, 0.05) is 44.1 Å². The molecule has 1 aromatic carbocycles. The first-order valence-corrected chi connectivity index (χ1v) is 7.54. The Bertz CT molecular complexity index is 779. The van der Waals surface area contributed by atoms with E-state index in [1.165, 1.54) is 18.3 Å². The summed E-state index contributed by atoms with van der Waals surface area (Å²) in [6.07, 6.45) is 1.46. The highest BCUT2D eigenvalue weighted by Crippen LogP contribution is 2.20. The molecule has 0 radical (unpaired) electrons. The standard InChI is InChI=1S/C17H18FN3O2/c1-12-10-16(22)13(11-19-12)17(23)21-8-6-20(7-9-21)15-5-3-2-4-14(15)18/h2-5,10-11H,6-9H2,1H3,(H,19,22). The number of carbonyl (C=O) groups is 1. The van der Waals surface area contributed by atoms with Gasteiger partial charge in [0.1, 0.15) is 11.4 Å². The smallest absolute Gasteiger partial charge is 0.259 e. The van der Waals surface area contributed by atoms with Crippen molar-refractivity contribution in [2.45, 2.75) is 6.92 Å². The topological polar surface area (TPSA) is 56.4 Å². The van der Waals surface area contributed by atoms with Gasteiger partial charge in [0.15, 0.2) is 5.43 Å². The number of halogens is 1. The monoisotopic (exact) mass is 315 g/mol. The van der Waals surface area contributed by atoms with E-state index < -0.39 is 0 Å². The molecule has 23 heavy (non-hydrogen) atoms. The first-order chi connectivity index (χ1) is 11.1. The minimum atomic E-state index is -0.278. The fourth-order valence-corrected chi connectivity index (χ4v) is 2.77. The lowest BCUT2D eigenvalue weighted by Gasteiger charge is -2.36. The summed E-state index contributed by atoms with van der Waals surface area (Å²) in [5.74, 6) is -0.540. The normalized spacial score (nSPS) is 14.9. The summed E-state index contributed by atoms with van der Waals surface area (Å²) >= 11 is 0. The lowest BCUT2D eigenvalue weighted by Crippen LogP contribution is -2.49. The summed E-state index contributed by atoms with van der Waals surface area (Å²) in [5, 5.41) is 0. The van der Waals surface area contributed by atoms with E-state index in [0.717, 1.165) is 5.69 Å². The minimum Gasteiger partial charge on any atom is -0.366 e. The second kappa shape index (κ2) is 6.24. The zero-order chi connectivity index (χ0) is 16.4. The molecule has 120 valence electrons. The number of benzene rings is 1. The summed E-state index contributed by atoms with van der Waals surface area (Å²) < 4.78 is 13.8. The molecule has 0 unspecified atom stereocenters. The van der Waals surface area contributed by atoms with Crippen molar-refractivity contribution in [3.63, 3.8) is 0 Å². The predicted molar refractivity (Wildman–Crippen MR) is 86.3 cm³/mol. The van der Waals surface area contributed by atoms with Crippen LogP contribution in [0.5, 0.6) is 0 Å². The summed E-state index contributed by atoms with van der Waals surface area (Å²) in [6.45, 7) is 3.76. The van der Waals surface area contributed by atoms with Crippen LogP contribution in [-0.2, 0) is 0 Å². The number of aryl methyl sites for hydroxylation is 1. The van der Waals surface area contributed by atoms with E-state index in [1.54, 1.807) is 30.0 Å². The van der Waals surface area contributed by atoms with Gasteiger partial charge in [-0.2, -0.15) is 0 Å². The third-order valence-electron chi connectivity index (χ3n) is 4.05. The number of nitrogens with one attached hydrogen (secondary N) is 1. The number of para-hydroxylation sites is 1. The molecule has 5 nitrogen and oxygen atoms in total. The van der Waals surface area contributed by atoms with E-state index in [-0.39, 0.29) is 22.7 Å². The van der Waals surface area contributed by atoms with Gasteiger partial charge in [0.25, 0.3) is 5.91 Å². The zero-order valence-electron chi connectivity index (χ0n) is 12.9. The van der Waals surface area contributed by atoms with Gasteiger partial charge in [-0.1, -0.05) is 12.1 Å². The van der Waals surface area contributed by atoms with Crippen molar-refractivity contribution >= 4 is 11.6 Å². The third-order valence-corrected chi connectivity index (χ3v) is 4.05. The van der Waals surface area contributed by atoms with Crippen LogP contribution in [0.1, 0.15) is 16.1 Å². The Labute approximate surface area is 133 Å². The number of carbonyl (C=O) groups excluding carboxylic acids is 1. The lowest BCUT2D eigenvalue weighted by molar-refractivity contribution is 0.0745. The number of H-pyrrole nitrogens is 1. The van der Waals surface area contributed by atoms with Crippen LogP contribution >= 0.6 is 0 Å². The van der Waals surface area contributed by atoms with Crippen LogP contribution < -0.4 is 10.3 Å². The number of hydrogen-bond donors (Lipinski definition) is 1. The van der Waals surface area contributed by atoms with Gasteiger partial charge in [0.05, 0.1) is 5.69 Å².